The SMILES string of the molecule is COc1cccc([C@H]2C3=C(CCCC3=O)N=C(C)C2C(=O)Nc2cc(C(F)(F)F)ccc2Cl)c1OC. The second-order valence-electron chi connectivity index (χ2n) is 8.61. The van der Waals surface area contributed by atoms with Gasteiger partial charge in [0, 0.05) is 34.9 Å². The lowest BCUT2D eigenvalue weighted by atomic mass is 9.71. The highest BCUT2D eigenvalue weighted by molar-refractivity contribution is 6.34. The van der Waals surface area contributed by atoms with Crippen LogP contribution < -0.4 is 14.8 Å². The second-order valence-corrected chi connectivity index (χ2v) is 9.02. The highest BCUT2D eigenvalue weighted by Crippen LogP contribution is 2.48. The number of alkyl halides is 3. The second kappa shape index (κ2) is 9.97. The van der Waals surface area contributed by atoms with Crippen molar-refractivity contribution in [1.82, 2.24) is 0 Å². The molecule has 1 N–H and O–H groups in total. The fourth-order valence-corrected chi connectivity index (χ4v) is 5.01. The molecule has 10 heteroatoms. The Hall–Kier alpha value is -3.33. The maximum atomic E-state index is 13.7. The van der Waals surface area contributed by atoms with E-state index in [1.807, 2.05) is 0 Å². The van der Waals surface area contributed by atoms with E-state index in [1.54, 1.807) is 25.1 Å². The number of hydrogen-bond donors (Lipinski definition) is 1. The number of hydrogen-bond acceptors (Lipinski definition) is 5. The van der Waals surface area contributed by atoms with Gasteiger partial charge in [-0.2, -0.15) is 13.2 Å². The van der Waals surface area contributed by atoms with Crippen LogP contribution in [0.4, 0.5) is 18.9 Å². The number of benzene rings is 2. The summed E-state index contributed by atoms with van der Waals surface area (Å²) in [5, 5.41) is 2.49. The summed E-state index contributed by atoms with van der Waals surface area (Å²) in [7, 11) is 2.94. The van der Waals surface area contributed by atoms with Crippen LogP contribution in [0.3, 0.4) is 0 Å². The van der Waals surface area contributed by atoms with Crippen molar-refractivity contribution < 1.29 is 32.2 Å². The summed E-state index contributed by atoms with van der Waals surface area (Å²) in [5.74, 6) is -1.77. The summed E-state index contributed by atoms with van der Waals surface area (Å²) >= 11 is 6.13. The van der Waals surface area contributed by atoms with Crippen molar-refractivity contribution in [2.24, 2.45) is 10.9 Å². The number of amides is 1. The number of anilines is 1. The largest absolute Gasteiger partial charge is 0.493 e. The lowest BCUT2D eigenvalue weighted by Crippen LogP contribution is -2.39. The van der Waals surface area contributed by atoms with E-state index in [0.717, 1.165) is 18.2 Å². The zero-order valence-corrected chi connectivity index (χ0v) is 20.6. The third kappa shape index (κ3) is 4.72. The average molecular weight is 521 g/mol. The van der Waals surface area contributed by atoms with Gasteiger partial charge >= 0.3 is 6.18 Å². The molecule has 0 aromatic heterocycles. The number of carbonyl (C=O) groups excluding carboxylic acids is 2. The minimum atomic E-state index is -4.61. The number of methoxy groups -OCH3 is 2. The van der Waals surface area contributed by atoms with Crippen molar-refractivity contribution in [3.63, 3.8) is 0 Å². The molecule has 1 amide bonds. The van der Waals surface area contributed by atoms with Gasteiger partial charge < -0.3 is 14.8 Å². The number of para-hydroxylation sites is 1. The minimum absolute atomic E-state index is 0.0501. The number of rotatable bonds is 5. The summed E-state index contributed by atoms with van der Waals surface area (Å²) < 4.78 is 50.9. The molecule has 2 aromatic rings. The molecule has 1 aliphatic heterocycles. The van der Waals surface area contributed by atoms with Crippen molar-refractivity contribution in [2.45, 2.75) is 38.3 Å². The third-order valence-corrected chi connectivity index (χ3v) is 6.77. The average Bonchev–Trinajstić information content (AvgIpc) is 2.83. The summed E-state index contributed by atoms with van der Waals surface area (Å²) in [6.45, 7) is 1.67. The smallest absolute Gasteiger partial charge is 0.416 e. The van der Waals surface area contributed by atoms with Gasteiger partial charge in [-0.1, -0.05) is 23.7 Å². The van der Waals surface area contributed by atoms with E-state index in [-0.39, 0.29) is 16.5 Å². The summed E-state index contributed by atoms with van der Waals surface area (Å²) in [6.07, 6.45) is -3.08. The van der Waals surface area contributed by atoms with Crippen LogP contribution in [0.15, 0.2) is 52.7 Å². The number of nitrogens with one attached hydrogen (secondary N) is 1. The van der Waals surface area contributed by atoms with E-state index in [4.69, 9.17) is 21.1 Å². The number of allylic oxidation sites excluding steroid dienone is 2. The van der Waals surface area contributed by atoms with Crippen molar-refractivity contribution >= 4 is 34.7 Å². The molecule has 190 valence electrons. The van der Waals surface area contributed by atoms with Crippen LogP contribution in [-0.4, -0.2) is 31.6 Å². The van der Waals surface area contributed by atoms with E-state index in [1.165, 1.54) is 14.2 Å². The third-order valence-electron chi connectivity index (χ3n) is 6.44. The molecule has 1 heterocycles. The Balaban J connectivity index is 1.84. The van der Waals surface area contributed by atoms with E-state index in [0.29, 0.717) is 53.3 Å². The number of ether oxygens (including phenoxy) is 2. The van der Waals surface area contributed by atoms with Gasteiger partial charge in [-0.15, -0.1) is 0 Å². The first-order valence-electron chi connectivity index (χ1n) is 11.3. The maximum absolute atomic E-state index is 13.7. The topological polar surface area (TPSA) is 77.0 Å². The van der Waals surface area contributed by atoms with Crippen molar-refractivity contribution in [1.29, 1.82) is 0 Å². The predicted molar refractivity (Wildman–Crippen MR) is 130 cm³/mol. The van der Waals surface area contributed by atoms with E-state index >= 15 is 0 Å². The predicted octanol–water partition coefficient (Wildman–Crippen LogP) is 6.20. The van der Waals surface area contributed by atoms with Gasteiger partial charge in [-0.25, -0.2) is 0 Å². The Labute approximate surface area is 211 Å². The van der Waals surface area contributed by atoms with Gasteiger partial charge in [-0.3, -0.25) is 14.6 Å². The Morgan fingerprint density at radius 1 is 1.14 bits per heavy atom. The van der Waals surface area contributed by atoms with Crippen LogP contribution in [0, 0.1) is 5.92 Å². The molecule has 0 spiro atoms. The van der Waals surface area contributed by atoms with Crippen LogP contribution in [-0.2, 0) is 15.8 Å². The van der Waals surface area contributed by atoms with Crippen LogP contribution in [0.1, 0.15) is 43.2 Å². The van der Waals surface area contributed by atoms with Gasteiger partial charge in [0.15, 0.2) is 17.3 Å². The lowest BCUT2D eigenvalue weighted by molar-refractivity contribution is -0.137. The van der Waals surface area contributed by atoms with Gasteiger partial charge in [0.1, 0.15) is 0 Å². The molecule has 0 saturated carbocycles. The molecule has 6 nitrogen and oxygen atoms in total. The van der Waals surface area contributed by atoms with E-state index in [2.05, 4.69) is 10.3 Å². The molecule has 0 bridgehead atoms. The number of carbonyl (C=O) groups is 2. The molecular formula is C26H24ClF3N2O4. The number of ketones is 1. The number of halogens is 4. The lowest BCUT2D eigenvalue weighted by Gasteiger charge is -2.35. The summed E-state index contributed by atoms with van der Waals surface area (Å²) in [6, 6.07) is 7.87. The van der Waals surface area contributed by atoms with E-state index < -0.39 is 29.5 Å². The zero-order chi connectivity index (χ0) is 26.2. The maximum Gasteiger partial charge on any atom is 0.416 e. The molecule has 2 aromatic carbocycles. The van der Waals surface area contributed by atoms with Gasteiger partial charge in [0.05, 0.1) is 36.4 Å². The Bertz CT molecular complexity index is 1290. The normalized spacial score (nSPS) is 20.0. The molecular weight excluding hydrogens is 497 g/mol. The first-order chi connectivity index (χ1) is 17.1. The minimum Gasteiger partial charge on any atom is -0.493 e. The highest BCUT2D eigenvalue weighted by Gasteiger charge is 2.44. The zero-order valence-electron chi connectivity index (χ0n) is 19.8. The van der Waals surface area contributed by atoms with Gasteiger partial charge in [-0.05, 0) is 44.0 Å². The first-order valence-corrected chi connectivity index (χ1v) is 11.6. The van der Waals surface area contributed by atoms with Gasteiger partial charge in [0.25, 0.3) is 0 Å². The fourth-order valence-electron chi connectivity index (χ4n) is 4.85. The molecule has 0 fully saturated rings. The van der Waals surface area contributed by atoms with Crippen molar-refractivity contribution in [2.75, 3.05) is 19.5 Å². The quantitative estimate of drug-likeness (QED) is 0.509. The number of aliphatic imine (C=N–C) groups is 1. The van der Waals surface area contributed by atoms with Crippen LogP contribution >= 0.6 is 11.6 Å². The van der Waals surface area contributed by atoms with Crippen LogP contribution in [0.2, 0.25) is 5.02 Å². The molecule has 1 unspecified atom stereocenters. The number of nitrogens with zero attached hydrogens (tertiary/aromatic N) is 1. The van der Waals surface area contributed by atoms with Gasteiger partial charge in [0.2, 0.25) is 5.91 Å². The van der Waals surface area contributed by atoms with Crippen LogP contribution in [0.5, 0.6) is 11.5 Å². The Kier molecular flexibility index (Phi) is 7.13. The highest BCUT2D eigenvalue weighted by atomic mass is 35.5. The van der Waals surface area contributed by atoms with E-state index in [9.17, 15) is 22.8 Å². The standard InChI is InChI=1S/C26H24ClF3N2O4/c1-13-21(25(34)32-18-12-14(26(28,29)30)10-11-16(18)27)22(23-17(31-13)7-5-8-19(23)33)15-6-4-9-20(35-2)24(15)36-3/h4,6,9-12,21-22H,5,7-8H2,1-3H3,(H,32,34)/t21?,22-/m1/s1. The number of Topliss-reactive ketones (excluding diaryl/α,β-unsaturated/α-hetero) is 1. The fraction of sp³-hybridized carbons (Fsp3) is 0.346. The van der Waals surface area contributed by atoms with Crippen molar-refractivity contribution in [3.05, 3.63) is 63.8 Å². The molecule has 2 atom stereocenters. The van der Waals surface area contributed by atoms with Crippen molar-refractivity contribution in [3.8, 4) is 11.5 Å². The molecule has 0 saturated heterocycles. The Morgan fingerprint density at radius 3 is 2.56 bits per heavy atom. The summed E-state index contributed by atoms with van der Waals surface area (Å²) in [5.41, 5.74) is 0.863. The first kappa shape index (κ1) is 25.8. The molecule has 0 radical (unpaired) electrons. The summed E-state index contributed by atoms with van der Waals surface area (Å²) in [4.78, 5) is 31.4. The van der Waals surface area contributed by atoms with Crippen LogP contribution in [0.25, 0.3) is 0 Å². The molecule has 2 aliphatic rings. The molecule has 4 rings (SSSR count). The monoisotopic (exact) mass is 520 g/mol. The molecule has 1 aliphatic carbocycles. The Morgan fingerprint density at radius 2 is 1.89 bits per heavy atom. The molecule has 36 heavy (non-hydrogen) atoms.